The predicted octanol–water partition coefficient (Wildman–Crippen LogP) is 2.41. The maximum atomic E-state index is 15.4. The average Bonchev–Trinajstić information content (AvgIpc) is 3.31. The van der Waals surface area contributed by atoms with Crippen LogP contribution in [-0.2, 0) is 6.42 Å². The van der Waals surface area contributed by atoms with E-state index in [1.54, 1.807) is 0 Å². The highest BCUT2D eigenvalue weighted by molar-refractivity contribution is 6.01. The number of pyridine rings is 2. The number of anilines is 1. The van der Waals surface area contributed by atoms with Crippen molar-refractivity contribution in [1.29, 1.82) is 0 Å². The number of fused-ring (bicyclic) bond motifs is 1. The molecule has 36 heavy (non-hydrogen) atoms. The Bertz CT molecular complexity index is 1340. The van der Waals surface area contributed by atoms with Crippen LogP contribution >= 0.6 is 0 Å². The third-order valence-electron chi connectivity index (χ3n) is 6.68. The molecule has 1 fully saturated rings. The SMILES string of the molecule is C[C@H]1CN(c2c(-c3cc(F)c(-c4c(F)cccc4F)nc3C(N)=O)cnc3c2CCO3)C[C@@H](N)[C@@H]1O. The molecule has 5 rings (SSSR count). The smallest absolute Gasteiger partial charge is 0.267 e. The summed E-state index contributed by atoms with van der Waals surface area (Å²) in [5.41, 5.74) is 11.8. The van der Waals surface area contributed by atoms with E-state index in [-0.39, 0.29) is 23.7 Å². The van der Waals surface area contributed by atoms with Gasteiger partial charge < -0.3 is 26.2 Å². The number of aliphatic hydroxyl groups excluding tert-OH is 1. The van der Waals surface area contributed by atoms with Crippen LogP contribution in [0.15, 0.2) is 30.5 Å². The van der Waals surface area contributed by atoms with E-state index < -0.39 is 46.8 Å². The summed E-state index contributed by atoms with van der Waals surface area (Å²) >= 11 is 0. The zero-order chi connectivity index (χ0) is 25.7. The molecule has 1 aromatic carbocycles. The normalized spacial score (nSPS) is 21.3. The molecular weight excluding hydrogens is 475 g/mol. The van der Waals surface area contributed by atoms with Gasteiger partial charge in [0.05, 0.1) is 24.0 Å². The van der Waals surface area contributed by atoms with Crippen molar-refractivity contribution >= 4 is 11.6 Å². The quantitative estimate of drug-likeness (QED) is 0.503. The molecule has 3 atom stereocenters. The van der Waals surface area contributed by atoms with Gasteiger partial charge in [0.2, 0.25) is 5.88 Å². The lowest BCUT2D eigenvalue weighted by atomic mass is 9.90. The first-order valence-corrected chi connectivity index (χ1v) is 11.5. The Balaban J connectivity index is 1.73. The van der Waals surface area contributed by atoms with Gasteiger partial charge in [-0.3, -0.25) is 4.79 Å². The summed E-state index contributed by atoms with van der Waals surface area (Å²) in [5.74, 6) is -3.89. The van der Waals surface area contributed by atoms with E-state index in [1.807, 2.05) is 11.8 Å². The molecule has 2 aliphatic rings. The summed E-state index contributed by atoms with van der Waals surface area (Å²) in [7, 11) is 0. The number of hydrogen-bond donors (Lipinski definition) is 3. The highest BCUT2D eigenvalue weighted by Crippen LogP contribution is 2.43. The number of aliphatic hydroxyl groups is 1. The fraction of sp³-hybridized carbons (Fsp3) is 0.320. The van der Waals surface area contributed by atoms with Crippen LogP contribution in [0.5, 0.6) is 5.88 Å². The summed E-state index contributed by atoms with van der Waals surface area (Å²) in [6.45, 7) is 2.97. The number of ether oxygens (including phenoxy) is 1. The third-order valence-corrected chi connectivity index (χ3v) is 6.68. The van der Waals surface area contributed by atoms with E-state index >= 15 is 4.39 Å². The van der Waals surface area contributed by atoms with Crippen molar-refractivity contribution in [2.75, 3.05) is 24.6 Å². The number of carbonyl (C=O) groups excluding carboxylic acids is 1. The zero-order valence-electron chi connectivity index (χ0n) is 19.3. The van der Waals surface area contributed by atoms with E-state index in [1.165, 1.54) is 6.20 Å². The number of halogens is 3. The molecular formula is C25H24F3N5O3. The Labute approximate surface area is 204 Å². The molecule has 188 valence electrons. The van der Waals surface area contributed by atoms with Gasteiger partial charge in [0, 0.05) is 54.4 Å². The van der Waals surface area contributed by atoms with Gasteiger partial charge in [0.1, 0.15) is 28.8 Å². The number of primary amides is 1. The number of carbonyl (C=O) groups is 1. The van der Waals surface area contributed by atoms with Crippen molar-refractivity contribution in [1.82, 2.24) is 9.97 Å². The molecule has 5 N–H and O–H groups in total. The first-order valence-electron chi connectivity index (χ1n) is 11.5. The van der Waals surface area contributed by atoms with E-state index in [4.69, 9.17) is 16.2 Å². The maximum absolute atomic E-state index is 15.4. The van der Waals surface area contributed by atoms with Gasteiger partial charge >= 0.3 is 0 Å². The lowest BCUT2D eigenvalue weighted by Gasteiger charge is -2.41. The van der Waals surface area contributed by atoms with Gasteiger partial charge in [-0.25, -0.2) is 23.1 Å². The maximum Gasteiger partial charge on any atom is 0.267 e. The molecule has 8 nitrogen and oxygen atoms in total. The van der Waals surface area contributed by atoms with E-state index in [9.17, 15) is 18.7 Å². The summed E-state index contributed by atoms with van der Waals surface area (Å²) < 4.78 is 49.8. The summed E-state index contributed by atoms with van der Waals surface area (Å²) in [6.07, 6.45) is 1.23. The number of hydrogen-bond acceptors (Lipinski definition) is 7. The Morgan fingerprint density at radius 2 is 1.89 bits per heavy atom. The molecule has 0 aliphatic carbocycles. The molecule has 0 radical (unpaired) electrons. The van der Waals surface area contributed by atoms with Crippen molar-refractivity contribution in [2.24, 2.45) is 17.4 Å². The van der Waals surface area contributed by atoms with E-state index in [0.29, 0.717) is 36.7 Å². The molecule has 0 bridgehead atoms. The lowest BCUT2D eigenvalue weighted by molar-refractivity contribution is 0.0785. The van der Waals surface area contributed by atoms with Crippen LogP contribution in [-0.4, -0.2) is 52.8 Å². The molecule has 0 unspecified atom stereocenters. The van der Waals surface area contributed by atoms with Crippen molar-refractivity contribution in [3.05, 3.63) is 59.2 Å². The molecule has 2 aromatic heterocycles. The highest BCUT2D eigenvalue weighted by atomic mass is 19.1. The first kappa shape index (κ1) is 24.0. The topological polar surface area (TPSA) is 128 Å². The van der Waals surface area contributed by atoms with Crippen molar-refractivity contribution in [2.45, 2.75) is 25.5 Å². The number of piperidine rings is 1. The largest absolute Gasteiger partial charge is 0.477 e. The van der Waals surface area contributed by atoms with Crippen LogP contribution in [0.25, 0.3) is 22.4 Å². The highest BCUT2D eigenvalue weighted by Gasteiger charge is 2.35. The monoisotopic (exact) mass is 499 g/mol. The molecule has 2 aliphatic heterocycles. The summed E-state index contributed by atoms with van der Waals surface area (Å²) in [5, 5.41) is 10.4. The fourth-order valence-corrected chi connectivity index (χ4v) is 4.96. The van der Waals surface area contributed by atoms with E-state index in [2.05, 4.69) is 9.97 Å². The van der Waals surface area contributed by atoms with Crippen LogP contribution in [0.1, 0.15) is 23.0 Å². The number of nitrogens with two attached hydrogens (primary N) is 2. The molecule has 1 amide bonds. The standard InChI is InChI=1S/C25H24F3N5O3/c1-11-9-33(10-18(29)23(11)34)22-12-5-6-36-25(12)31-8-14(22)13-7-17(28)21(32-20(13)24(30)35)19-15(26)3-2-4-16(19)27/h2-4,7-8,11,18,23,34H,5-6,9-10,29H2,1H3,(H2,30,35)/t11-,18+,23+/m0/s1. The minimum atomic E-state index is -1.04. The first-order chi connectivity index (χ1) is 17.2. The van der Waals surface area contributed by atoms with Gasteiger partial charge in [-0.2, -0.15) is 0 Å². The number of amides is 1. The lowest BCUT2D eigenvalue weighted by Crippen LogP contribution is -2.56. The second-order valence-electron chi connectivity index (χ2n) is 9.12. The average molecular weight is 499 g/mol. The molecule has 3 aromatic rings. The van der Waals surface area contributed by atoms with Crippen LogP contribution in [0.4, 0.5) is 18.9 Å². The zero-order valence-corrected chi connectivity index (χ0v) is 19.3. The van der Waals surface area contributed by atoms with Crippen LogP contribution < -0.4 is 21.1 Å². The summed E-state index contributed by atoms with van der Waals surface area (Å²) in [4.78, 5) is 22.7. The Morgan fingerprint density at radius 3 is 2.56 bits per heavy atom. The van der Waals surface area contributed by atoms with Crippen molar-refractivity contribution in [3.8, 4) is 28.3 Å². The molecule has 0 spiro atoms. The second-order valence-corrected chi connectivity index (χ2v) is 9.12. The summed E-state index contributed by atoms with van der Waals surface area (Å²) in [6, 6.07) is 3.51. The fourth-order valence-electron chi connectivity index (χ4n) is 4.96. The van der Waals surface area contributed by atoms with Gasteiger partial charge in [0.25, 0.3) is 5.91 Å². The van der Waals surface area contributed by atoms with Crippen LogP contribution in [0.3, 0.4) is 0 Å². The number of nitrogens with zero attached hydrogens (tertiary/aromatic N) is 3. The number of benzene rings is 1. The number of aromatic nitrogens is 2. The molecule has 0 saturated carbocycles. The van der Waals surface area contributed by atoms with Crippen molar-refractivity contribution in [3.63, 3.8) is 0 Å². The Hall–Kier alpha value is -3.70. The van der Waals surface area contributed by atoms with Crippen LogP contribution in [0.2, 0.25) is 0 Å². The third kappa shape index (κ3) is 3.94. The Morgan fingerprint density at radius 1 is 1.17 bits per heavy atom. The Kier molecular flexibility index (Phi) is 6.05. The van der Waals surface area contributed by atoms with Crippen LogP contribution in [0, 0.1) is 23.4 Å². The predicted molar refractivity (Wildman–Crippen MR) is 126 cm³/mol. The van der Waals surface area contributed by atoms with E-state index in [0.717, 1.165) is 29.8 Å². The van der Waals surface area contributed by atoms with Gasteiger partial charge in [0.15, 0.2) is 0 Å². The van der Waals surface area contributed by atoms with Gasteiger partial charge in [-0.1, -0.05) is 13.0 Å². The molecule has 11 heteroatoms. The minimum Gasteiger partial charge on any atom is -0.477 e. The van der Waals surface area contributed by atoms with Gasteiger partial charge in [-0.05, 0) is 18.2 Å². The second kappa shape index (κ2) is 9.07. The number of rotatable bonds is 4. The minimum absolute atomic E-state index is 0.0186. The molecule has 4 heterocycles. The van der Waals surface area contributed by atoms with Gasteiger partial charge in [-0.15, -0.1) is 0 Å². The molecule has 1 saturated heterocycles. The van der Waals surface area contributed by atoms with Crippen molar-refractivity contribution < 1.29 is 27.8 Å².